The van der Waals surface area contributed by atoms with Gasteiger partial charge in [-0.15, -0.1) is 12.1 Å². The van der Waals surface area contributed by atoms with Crippen LogP contribution in [0.2, 0.25) is 19.6 Å². The van der Waals surface area contributed by atoms with Crippen molar-refractivity contribution < 1.29 is 30.0 Å². The van der Waals surface area contributed by atoms with E-state index in [9.17, 15) is 9.90 Å². The number of rotatable bonds is 8. The molecule has 0 fully saturated rings. The van der Waals surface area contributed by atoms with Gasteiger partial charge in [0.2, 0.25) is 0 Å². The third-order valence-corrected chi connectivity index (χ3v) is 11.1. The molecule has 2 heterocycles. The Morgan fingerprint density at radius 2 is 1.58 bits per heavy atom. The summed E-state index contributed by atoms with van der Waals surface area (Å²) in [6.07, 6.45) is 8.71. The van der Waals surface area contributed by atoms with Gasteiger partial charge >= 0.3 is 0 Å². The van der Waals surface area contributed by atoms with Crippen molar-refractivity contribution in [3.8, 4) is 11.3 Å². The standard InChI is InChI=1S/C24H23N2Si.C13H24O2.Ir/c1-24(2)19-14-21-15(7-6-9-25-21)12-18(19)23-22-16(8-10-26-23)11-17(13-20(22)24)27(3,4)5;1-5-10(6-2)12(14)9-13(15)11(7-3)8-4;/h6-11,13-14H,1-5H3;9-11,14H,5-8H2,1-4H3;/q-1;;/b;12-9-;. The second kappa shape index (κ2) is 14.0. The first-order valence-corrected chi connectivity index (χ1v) is 19.1. The predicted molar refractivity (Wildman–Crippen MR) is 180 cm³/mol. The van der Waals surface area contributed by atoms with Gasteiger partial charge in [0.25, 0.3) is 0 Å². The van der Waals surface area contributed by atoms with Crippen LogP contribution in [-0.2, 0) is 30.3 Å². The topological polar surface area (TPSA) is 63.1 Å². The van der Waals surface area contributed by atoms with Gasteiger partial charge in [0.05, 0.1) is 13.8 Å². The van der Waals surface area contributed by atoms with Crippen LogP contribution in [0.1, 0.15) is 78.4 Å². The van der Waals surface area contributed by atoms with Crippen LogP contribution in [0.4, 0.5) is 0 Å². The van der Waals surface area contributed by atoms with Gasteiger partial charge in [-0.1, -0.05) is 107 Å². The first-order chi connectivity index (χ1) is 19.9. The molecular weight excluding hydrogens is 725 g/mol. The molecule has 2 aromatic carbocycles. The molecule has 0 atom stereocenters. The predicted octanol–water partition coefficient (Wildman–Crippen LogP) is 9.30. The number of allylic oxidation sites excluding steroid dienone is 2. The minimum atomic E-state index is -1.43. The number of hydrogen-bond donors (Lipinski definition) is 1. The Labute approximate surface area is 272 Å². The van der Waals surface area contributed by atoms with Crippen molar-refractivity contribution in [3.63, 3.8) is 0 Å². The molecule has 4 aromatic rings. The number of benzene rings is 2. The number of aliphatic hydroxyl groups is 1. The van der Waals surface area contributed by atoms with Gasteiger partial charge in [-0.3, -0.25) is 14.8 Å². The first kappa shape index (κ1) is 34.8. The molecule has 0 bridgehead atoms. The monoisotopic (exact) mass is 772 g/mol. The molecule has 0 saturated carbocycles. The number of aromatic nitrogens is 2. The number of hydrogen-bond acceptors (Lipinski definition) is 4. The first-order valence-electron chi connectivity index (χ1n) is 15.6. The smallest absolute Gasteiger partial charge is 0.162 e. The van der Waals surface area contributed by atoms with Gasteiger partial charge in [0, 0.05) is 56.1 Å². The molecule has 231 valence electrons. The van der Waals surface area contributed by atoms with Gasteiger partial charge in [-0.2, -0.15) is 0 Å². The zero-order valence-electron chi connectivity index (χ0n) is 27.3. The van der Waals surface area contributed by atoms with E-state index in [0.717, 1.165) is 47.8 Å². The summed E-state index contributed by atoms with van der Waals surface area (Å²) in [5.41, 5.74) is 5.73. The van der Waals surface area contributed by atoms with E-state index in [1.54, 1.807) is 0 Å². The average molecular weight is 772 g/mol. The summed E-state index contributed by atoms with van der Waals surface area (Å²) in [6.45, 7) is 20.0. The van der Waals surface area contributed by atoms with Gasteiger partial charge < -0.3 is 5.11 Å². The molecular formula is C37H47IrN2O2Si-. The minimum absolute atomic E-state index is 0. The summed E-state index contributed by atoms with van der Waals surface area (Å²) in [6, 6.07) is 16.9. The van der Waals surface area contributed by atoms with E-state index in [0.29, 0.717) is 0 Å². The molecule has 1 aliphatic carbocycles. The van der Waals surface area contributed by atoms with Gasteiger partial charge in [-0.25, -0.2) is 0 Å². The molecule has 5 rings (SSSR count). The van der Waals surface area contributed by atoms with Crippen molar-refractivity contribution in [2.75, 3.05) is 0 Å². The van der Waals surface area contributed by atoms with Crippen LogP contribution in [0, 0.1) is 17.9 Å². The minimum Gasteiger partial charge on any atom is -0.512 e. The molecule has 0 saturated heterocycles. The van der Waals surface area contributed by atoms with E-state index in [4.69, 9.17) is 4.98 Å². The number of nitrogens with zero attached hydrogens (tertiary/aromatic N) is 2. The summed E-state index contributed by atoms with van der Waals surface area (Å²) in [5.74, 6) is 0.547. The fraction of sp³-hybridized carbons (Fsp3) is 0.432. The van der Waals surface area contributed by atoms with E-state index in [2.05, 4.69) is 74.9 Å². The van der Waals surface area contributed by atoms with E-state index < -0.39 is 8.07 Å². The van der Waals surface area contributed by atoms with Crippen LogP contribution in [0.5, 0.6) is 0 Å². The largest absolute Gasteiger partial charge is 0.512 e. The van der Waals surface area contributed by atoms with Crippen LogP contribution in [0.25, 0.3) is 32.9 Å². The summed E-state index contributed by atoms with van der Waals surface area (Å²) >= 11 is 0. The molecule has 1 radical (unpaired) electrons. The summed E-state index contributed by atoms with van der Waals surface area (Å²) in [5, 5.41) is 14.9. The van der Waals surface area contributed by atoms with Gasteiger partial charge in [-0.05, 0) is 59.0 Å². The number of aliphatic hydroxyl groups excluding tert-OH is 1. The summed E-state index contributed by atoms with van der Waals surface area (Å²) < 4.78 is 0. The molecule has 1 N–H and O–H groups in total. The Balaban J connectivity index is 0.000000274. The molecule has 0 aliphatic heterocycles. The molecule has 4 nitrogen and oxygen atoms in total. The Hall–Kier alpha value is -2.66. The van der Waals surface area contributed by atoms with Crippen molar-refractivity contribution >= 4 is 40.7 Å². The van der Waals surface area contributed by atoms with Crippen molar-refractivity contribution in [1.82, 2.24) is 9.97 Å². The van der Waals surface area contributed by atoms with E-state index in [-0.39, 0.29) is 48.9 Å². The number of carbonyl (C=O) groups is 1. The average Bonchev–Trinajstić information content (AvgIpc) is 2.96. The van der Waals surface area contributed by atoms with Crippen LogP contribution < -0.4 is 5.19 Å². The van der Waals surface area contributed by atoms with Crippen molar-refractivity contribution in [3.05, 3.63) is 77.8 Å². The summed E-state index contributed by atoms with van der Waals surface area (Å²) in [7, 11) is -1.43. The van der Waals surface area contributed by atoms with E-state index >= 15 is 0 Å². The molecule has 0 amide bonds. The second-order valence-electron chi connectivity index (χ2n) is 13.1. The zero-order valence-corrected chi connectivity index (χ0v) is 30.7. The maximum absolute atomic E-state index is 11.7. The SMILES string of the molecule is CC1(C)c2cc3ncccc3[c-]c2-c2nccc3cc([Si](C)(C)C)cc1c23.CCC(CC)C(=O)/C=C(\O)C(CC)CC.[Ir]. The normalized spacial score (nSPS) is 13.9. The van der Waals surface area contributed by atoms with Crippen molar-refractivity contribution in [2.24, 2.45) is 11.8 Å². The fourth-order valence-corrected chi connectivity index (χ4v) is 7.25. The Morgan fingerprint density at radius 3 is 2.19 bits per heavy atom. The number of ketones is 1. The van der Waals surface area contributed by atoms with E-state index in [1.807, 2.05) is 46.2 Å². The quantitative estimate of drug-likeness (QED) is 0.0840. The molecule has 0 unspecified atom stereocenters. The van der Waals surface area contributed by atoms with Crippen LogP contribution >= 0.6 is 0 Å². The van der Waals surface area contributed by atoms with Crippen molar-refractivity contribution in [1.29, 1.82) is 0 Å². The van der Waals surface area contributed by atoms with Gasteiger partial charge in [0.15, 0.2) is 5.78 Å². The Morgan fingerprint density at radius 1 is 0.930 bits per heavy atom. The Bertz CT molecular complexity index is 1630. The maximum Gasteiger partial charge on any atom is 0.162 e. The number of carbonyl (C=O) groups excluding carboxylic acids is 1. The van der Waals surface area contributed by atoms with Gasteiger partial charge in [0.1, 0.15) is 0 Å². The Kier molecular flexibility index (Phi) is 11.3. The summed E-state index contributed by atoms with van der Waals surface area (Å²) in [4.78, 5) is 21.1. The third-order valence-electron chi connectivity index (χ3n) is 9.04. The van der Waals surface area contributed by atoms with E-state index in [1.165, 1.54) is 33.2 Å². The molecule has 1 aliphatic rings. The van der Waals surface area contributed by atoms with Crippen LogP contribution in [-0.4, -0.2) is 28.9 Å². The maximum atomic E-state index is 11.7. The molecule has 6 heteroatoms. The molecule has 2 aromatic heterocycles. The zero-order chi connectivity index (χ0) is 30.8. The fourth-order valence-electron chi connectivity index (χ4n) is 6.09. The third kappa shape index (κ3) is 7.03. The molecule has 0 spiro atoms. The number of fused-ring (bicyclic) bond motifs is 3. The molecule has 43 heavy (non-hydrogen) atoms. The van der Waals surface area contributed by atoms with Crippen LogP contribution in [0.15, 0.2) is 60.6 Å². The van der Waals surface area contributed by atoms with Crippen molar-refractivity contribution in [2.45, 2.75) is 92.3 Å². The number of pyridine rings is 2. The second-order valence-corrected chi connectivity index (χ2v) is 18.2. The van der Waals surface area contributed by atoms with Crippen LogP contribution in [0.3, 0.4) is 0 Å².